The number of fused-ring (bicyclic) bond motifs is 1. The molecule has 0 unspecified atom stereocenters. The van der Waals surface area contributed by atoms with E-state index in [1.165, 1.54) is 7.11 Å². The van der Waals surface area contributed by atoms with Gasteiger partial charge in [0.2, 0.25) is 5.91 Å². The fraction of sp³-hybridized carbons (Fsp3) is 0.348. The Balaban J connectivity index is 1.53. The second kappa shape index (κ2) is 9.79. The summed E-state index contributed by atoms with van der Waals surface area (Å²) >= 11 is 0. The maximum absolute atomic E-state index is 12.5. The zero-order chi connectivity index (χ0) is 21.5. The predicted octanol–water partition coefficient (Wildman–Crippen LogP) is 4.12. The third-order valence-electron chi connectivity index (χ3n) is 4.78. The molecule has 7 nitrogen and oxygen atoms in total. The van der Waals surface area contributed by atoms with Crippen molar-refractivity contribution < 1.29 is 14.3 Å². The van der Waals surface area contributed by atoms with Crippen molar-refractivity contribution in [3.8, 4) is 17.6 Å². The molecule has 1 atom stereocenters. The number of aromatic nitrogens is 2. The Hall–Kier alpha value is -3.53. The van der Waals surface area contributed by atoms with Gasteiger partial charge in [-0.1, -0.05) is 26.0 Å². The first-order valence-electron chi connectivity index (χ1n) is 9.96. The Morgan fingerprint density at radius 3 is 2.73 bits per heavy atom. The number of ether oxygens (including phenoxy) is 2. The van der Waals surface area contributed by atoms with Crippen LogP contribution in [-0.2, 0) is 4.79 Å². The van der Waals surface area contributed by atoms with E-state index in [1.54, 1.807) is 18.2 Å². The van der Waals surface area contributed by atoms with Gasteiger partial charge in [-0.05, 0) is 36.6 Å². The lowest BCUT2D eigenvalue weighted by Gasteiger charge is -2.20. The molecule has 0 fully saturated rings. The largest absolute Gasteiger partial charge is 0.493 e. The number of para-hydroxylation sites is 2. The van der Waals surface area contributed by atoms with Crippen LogP contribution in [0.15, 0.2) is 42.5 Å². The minimum atomic E-state index is -0.190. The molecule has 1 heterocycles. The Morgan fingerprint density at radius 2 is 2.03 bits per heavy atom. The van der Waals surface area contributed by atoms with Gasteiger partial charge in [-0.25, -0.2) is 4.98 Å². The third kappa shape index (κ3) is 5.09. The van der Waals surface area contributed by atoms with Gasteiger partial charge >= 0.3 is 0 Å². The number of rotatable bonds is 9. The first kappa shape index (κ1) is 21.2. The molecule has 30 heavy (non-hydrogen) atoms. The monoisotopic (exact) mass is 406 g/mol. The second-order valence-corrected chi connectivity index (χ2v) is 7.36. The normalized spacial score (nSPS) is 11.8. The van der Waals surface area contributed by atoms with E-state index in [0.717, 1.165) is 16.9 Å². The van der Waals surface area contributed by atoms with Gasteiger partial charge in [0.25, 0.3) is 0 Å². The molecular weight excluding hydrogens is 380 g/mol. The van der Waals surface area contributed by atoms with Crippen LogP contribution in [0, 0.1) is 17.2 Å². The minimum absolute atomic E-state index is 0.0513. The molecule has 1 amide bonds. The summed E-state index contributed by atoms with van der Waals surface area (Å²) in [6, 6.07) is 14.7. The molecular formula is C23H26N4O3. The van der Waals surface area contributed by atoms with Crippen LogP contribution in [0.4, 0.5) is 0 Å². The maximum Gasteiger partial charge on any atom is 0.220 e. The smallest absolute Gasteiger partial charge is 0.220 e. The summed E-state index contributed by atoms with van der Waals surface area (Å²) in [6.07, 6.45) is 0.891. The second-order valence-electron chi connectivity index (χ2n) is 7.36. The molecule has 0 aliphatic heterocycles. The van der Waals surface area contributed by atoms with Crippen LogP contribution in [0.2, 0.25) is 0 Å². The number of hydrogen-bond acceptors (Lipinski definition) is 5. The van der Waals surface area contributed by atoms with Gasteiger partial charge in [0.1, 0.15) is 5.82 Å². The number of amides is 1. The van der Waals surface area contributed by atoms with E-state index < -0.39 is 0 Å². The highest BCUT2D eigenvalue weighted by Crippen LogP contribution is 2.28. The molecule has 156 valence electrons. The van der Waals surface area contributed by atoms with Crippen LogP contribution < -0.4 is 14.8 Å². The number of aromatic amines is 1. The Morgan fingerprint density at radius 1 is 1.23 bits per heavy atom. The number of methoxy groups -OCH3 is 1. The van der Waals surface area contributed by atoms with Crippen LogP contribution in [-0.4, -0.2) is 29.6 Å². The van der Waals surface area contributed by atoms with E-state index in [-0.39, 0.29) is 17.9 Å². The molecule has 7 heteroatoms. The van der Waals surface area contributed by atoms with Gasteiger partial charge in [-0.2, -0.15) is 5.26 Å². The summed E-state index contributed by atoms with van der Waals surface area (Å²) in [7, 11) is 1.53. The molecule has 0 bridgehead atoms. The van der Waals surface area contributed by atoms with Crippen molar-refractivity contribution in [2.75, 3.05) is 13.7 Å². The van der Waals surface area contributed by atoms with E-state index in [9.17, 15) is 4.79 Å². The Labute approximate surface area is 176 Å². The molecule has 0 saturated heterocycles. The fourth-order valence-electron chi connectivity index (χ4n) is 3.19. The SMILES string of the molecule is COc1cc(C#N)ccc1OCCCC(=O)N[C@H](c1nc2ccccc2[nH]1)C(C)C. The van der Waals surface area contributed by atoms with Crippen LogP contribution in [0.1, 0.15) is 44.1 Å². The summed E-state index contributed by atoms with van der Waals surface area (Å²) in [5.74, 6) is 1.96. The van der Waals surface area contributed by atoms with Crippen molar-refractivity contribution in [3.05, 3.63) is 53.9 Å². The van der Waals surface area contributed by atoms with Gasteiger partial charge < -0.3 is 19.8 Å². The standard InChI is InChI=1S/C23H26N4O3/c1-15(2)22(23-25-17-7-4-5-8-18(17)26-23)27-21(28)9-6-12-30-19-11-10-16(14-24)13-20(19)29-3/h4-5,7-8,10-11,13,15,22H,6,9,12H2,1-3H3,(H,25,26)(H,27,28)/t22-/m0/s1. The van der Waals surface area contributed by atoms with E-state index in [2.05, 4.69) is 35.2 Å². The molecule has 0 spiro atoms. The quantitative estimate of drug-likeness (QED) is 0.521. The van der Waals surface area contributed by atoms with E-state index in [0.29, 0.717) is 36.5 Å². The molecule has 2 aromatic carbocycles. The summed E-state index contributed by atoms with van der Waals surface area (Å²) < 4.78 is 11.0. The number of nitriles is 1. The number of carbonyl (C=O) groups excluding carboxylic acids is 1. The zero-order valence-electron chi connectivity index (χ0n) is 17.4. The van der Waals surface area contributed by atoms with Gasteiger partial charge in [0.15, 0.2) is 11.5 Å². The van der Waals surface area contributed by atoms with E-state index >= 15 is 0 Å². The van der Waals surface area contributed by atoms with E-state index in [4.69, 9.17) is 14.7 Å². The number of nitrogens with zero attached hydrogens (tertiary/aromatic N) is 2. The Bertz CT molecular complexity index is 1020. The lowest BCUT2D eigenvalue weighted by Crippen LogP contribution is -2.32. The average Bonchev–Trinajstić information content (AvgIpc) is 3.18. The van der Waals surface area contributed by atoms with Crippen molar-refractivity contribution in [1.82, 2.24) is 15.3 Å². The molecule has 2 N–H and O–H groups in total. The van der Waals surface area contributed by atoms with Crippen LogP contribution >= 0.6 is 0 Å². The number of imidazole rings is 1. The highest BCUT2D eigenvalue weighted by atomic mass is 16.5. The summed E-state index contributed by atoms with van der Waals surface area (Å²) in [5, 5.41) is 12.0. The summed E-state index contributed by atoms with van der Waals surface area (Å²) in [6.45, 7) is 4.48. The number of benzene rings is 2. The van der Waals surface area contributed by atoms with Crippen molar-refractivity contribution in [1.29, 1.82) is 5.26 Å². The van der Waals surface area contributed by atoms with Crippen molar-refractivity contribution in [3.63, 3.8) is 0 Å². The van der Waals surface area contributed by atoms with Gasteiger partial charge in [0.05, 0.1) is 42.4 Å². The number of H-pyrrole nitrogens is 1. The average molecular weight is 406 g/mol. The molecule has 0 aliphatic carbocycles. The minimum Gasteiger partial charge on any atom is -0.493 e. The lowest BCUT2D eigenvalue weighted by molar-refractivity contribution is -0.122. The molecule has 0 radical (unpaired) electrons. The maximum atomic E-state index is 12.5. The molecule has 0 saturated carbocycles. The fourth-order valence-corrected chi connectivity index (χ4v) is 3.19. The van der Waals surface area contributed by atoms with Crippen LogP contribution in [0.5, 0.6) is 11.5 Å². The number of nitrogens with one attached hydrogen (secondary N) is 2. The lowest BCUT2D eigenvalue weighted by atomic mass is 10.0. The molecule has 1 aromatic heterocycles. The van der Waals surface area contributed by atoms with Gasteiger partial charge in [0, 0.05) is 12.5 Å². The van der Waals surface area contributed by atoms with Crippen molar-refractivity contribution >= 4 is 16.9 Å². The molecule has 3 aromatic rings. The third-order valence-corrected chi connectivity index (χ3v) is 4.78. The highest BCUT2D eigenvalue weighted by Gasteiger charge is 2.21. The van der Waals surface area contributed by atoms with Crippen molar-refractivity contribution in [2.24, 2.45) is 5.92 Å². The first-order valence-corrected chi connectivity index (χ1v) is 9.96. The predicted molar refractivity (Wildman–Crippen MR) is 114 cm³/mol. The summed E-state index contributed by atoms with van der Waals surface area (Å²) in [5.41, 5.74) is 2.35. The van der Waals surface area contributed by atoms with Gasteiger partial charge in [-0.15, -0.1) is 0 Å². The van der Waals surface area contributed by atoms with E-state index in [1.807, 2.05) is 24.3 Å². The van der Waals surface area contributed by atoms with Crippen LogP contribution in [0.3, 0.4) is 0 Å². The summed E-state index contributed by atoms with van der Waals surface area (Å²) in [4.78, 5) is 20.4. The molecule has 3 rings (SSSR count). The van der Waals surface area contributed by atoms with Gasteiger partial charge in [-0.3, -0.25) is 4.79 Å². The van der Waals surface area contributed by atoms with Crippen molar-refractivity contribution in [2.45, 2.75) is 32.7 Å². The molecule has 0 aliphatic rings. The first-order chi connectivity index (χ1) is 14.5. The number of hydrogen-bond donors (Lipinski definition) is 2. The number of carbonyl (C=O) groups is 1. The topological polar surface area (TPSA) is 100 Å². The Kier molecular flexibility index (Phi) is 6.91. The highest BCUT2D eigenvalue weighted by molar-refractivity contribution is 5.77. The zero-order valence-corrected chi connectivity index (χ0v) is 17.4. The van der Waals surface area contributed by atoms with Crippen LogP contribution in [0.25, 0.3) is 11.0 Å².